The standard InChI is InChI=1S/C28H23N2.C11H8NO.Pt/c1-2-9-22-18-25-19-27-24(17-23(25)14-12-20(22)7-1)15-13-21-8-3-4-10-26(21)30(27)28-11-5-6-16-29-28;1-2-6-10(7-3-1)13-11-8-4-5-9-12-11;/h1-11,16-17H,12-15,18H2;1-6,8-9H;/q2*-1;+2. The number of nitrogens with zero attached hydrogens (tertiary/aromatic N) is 3. The minimum Gasteiger partial charge on any atom is -0.466 e. The summed E-state index contributed by atoms with van der Waals surface area (Å²) in [6, 6.07) is 46.0. The molecule has 1 aliphatic heterocycles. The number of fused-ring (bicyclic) bond motifs is 4. The molecule has 2 aliphatic rings. The normalized spacial score (nSPS) is 12.8. The van der Waals surface area contributed by atoms with E-state index in [2.05, 4.69) is 88.7 Å². The number of aryl methyl sites for hydroxylation is 4. The largest absolute Gasteiger partial charge is 2.00 e. The molecule has 0 radical (unpaired) electrons. The van der Waals surface area contributed by atoms with E-state index < -0.39 is 0 Å². The van der Waals surface area contributed by atoms with Gasteiger partial charge in [-0.25, -0.2) is 9.97 Å². The minimum absolute atomic E-state index is 0. The number of aromatic nitrogens is 2. The third-order valence-corrected chi connectivity index (χ3v) is 7.99. The van der Waals surface area contributed by atoms with Crippen molar-refractivity contribution in [2.24, 2.45) is 0 Å². The van der Waals surface area contributed by atoms with E-state index in [4.69, 9.17) is 9.72 Å². The van der Waals surface area contributed by atoms with Crippen molar-refractivity contribution in [1.82, 2.24) is 9.97 Å². The van der Waals surface area contributed by atoms with Gasteiger partial charge in [-0.1, -0.05) is 73.1 Å². The van der Waals surface area contributed by atoms with Gasteiger partial charge >= 0.3 is 21.1 Å². The van der Waals surface area contributed by atoms with Crippen molar-refractivity contribution < 1.29 is 25.8 Å². The Morgan fingerprint density at radius 1 is 0.614 bits per heavy atom. The molecular formula is C39H31N3OPt. The Balaban J connectivity index is 0.000000207. The molecule has 0 fully saturated rings. The summed E-state index contributed by atoms with van der Waals surface area (Å²) in [6.45, 7) is 0. The van der Waals surface area contributed by atoms with Crippen molar-refractivity contribution in [2.45, 2.75) is 32.1 Å². The fourth-order valence-electron chi connectivity index (χ4n) is 5.89. The van der Waals surface area contributed by atoms with Crippen LogP contribution in [0.3, 0.4) is 0 Å². The molecule has 0 bridgehead atoms. The van der Waals surface area contributed by atoms with Crippen molar-refractivity contribution in [3.63, 3.8) is 0 Å². The molecule has 0 spiro atoms. The van der Waals surface area contributed by atoms with Crippen LogP contribution in [0.15, 0.2) is 128 Å². The number of pyridine rings is 2. The smallest absolute Gasteiger partial charge is 0.466 e. The summed E-state index contributed by atoms with van der Waals surface area (Å²) in [4.78, 5) is 11.1. The summed E-state index contributed by atoms with van der Waals surface area (Å²) in [7, 11) is 0. The molecule has 2 aromatic heterocycles. The topological polar surface area (TPSA) is 38.2 Å². The maximum atomic E-state index is 5.41. The van der Waals surface area contributed by atoms with Crippen LogP contribution in [0.1, 0.15) is 33.4 Å². The zero-order valence-electron chi connectivity index (χ0n) is 24.2. The van der Waals surface area contributed by atoms with Crippen LogP contribution in [-0.2, 0) is 53.2 Å². The summed E-state index contributed by atoms with van der Waals surface area (Å²) in [5.41, 5.74) is 10.8. The first-order chi connectivity index (χ1) is 21.3. The molecule has 1 aliphatic carbocycles. The Hall–Kier alpha value is -4.53. The van der Waals surface area contributed by atoms with E-state index in [9.17, 15) is 0 Å². The average Bonchev–Trinajstić information content (AvgIpc) is 3.35. The van der Waals surface area contributed by atoms with Gasteiger partial charge in [0.1, 0.15) is 5.82 Å². The van der Waals surface area contributed by atoms with E-state index in [0.29, 0.717) is 11.6 Å². The average molecular weight is 753 g/mol. The molecule has 0 atom stereocenters. The molecule has 0 unspecified atom stereocenters. The summed E-state index contributed by atoms with van der Waals surface area (Å²) in [5, 5.41) is 0. The summed E-state index contributed by atoms with van der Waals surface area (Å²) in [6.07, 6.45) is 8.80. The van der Waals surface area contributed by atoms with Crippen molar-refractivity contribution in [2.75, 3.05) is 4.90 Å². The quantitative estimate of drug-likeness (QED) is 0.170. The number of hydrogen-bond donors (Lipinski definition) is 0. The first kappa shape index (κ1) is 29.5. The van der Waals surface area contributed by atoms with Crippen LogP contribution in [0, 0.1) is 12.1 Å². The van der Waals surface area contributed by atoms with E-state index in [1.54, 1.807) is 18.3 Å². The van der Waals surface area contributed by atoms with Gasteiger partial charge in [-0.05, 0) is 60.2 Å². The van der Waals surface area contributed by atoms with Crippen LogP contribution in [0.25, 0.3) is 0 Å². The predicted molar refractivity (Wildman–Crippen MR) is 171 cm³/mol. The van der Waals surface area contributed by atoms with Gasteiger partial charge in [0.2, 0.25) is 5.88 Å². The summed E-state index contributed by atoms with van der Waals surface area (Å²) < 4.78 is 5.41. The number of hydrogen-bond acceptors (Lipinski definition) is 4. The van der Waals surface area contributed by atoms with Gasteiger partial charge in [0.05, 0.1) is 0 Å². The van der Waals surface area contributed by atoms with Gasteiger partial charge in [-0.15, -0.1) is 17.7 Å². The monoisotopic (exact) mass is 752 g/mol. The van der Waals surface area contributed by atoms with Crippen LogP contribution in [0.4, 0.5) is 17.2 Å². The summed E-state index contributed by atoms with van der Waals surface area (Å²) in [5.74, 6) is 2.23. The molecule has 4 nitrogen and oxygen atoms in total. The van der Waals surface area contributed by atoms with Crippen LogP contribution >= 0.6 is 0 Å². The van der Waals surface area contributed by atoms with Gasteiger partial charge in [-0.3, -0.25) is 0 Å². The zero-order valence-corrected chi connectivity index (χ0v) is 26.5. The number of rotatable bonds is 3. The first-order valence-electron chi connectivity index (χ1n) is 14.8. The van der Waals surface area contributed by atoms with E-state index in [0.717, 1.165) is 43.6 Å². The molecular weight excluding hydrogens is 722 g/mol. The molecule has 8 rings (SSSR count). The Morgan fingerprint density at radius 3 is 2.07 bits per heavy atom. The van der Waals surface area contributed by atoms with Gasteiger partial charge in [0.25, 0.3) is 0 Å². The summed E-state index contributed by atoms with van der Waals surface area (Å²) >= 11 is 0. The second kappa shape index (κ2) is 13.8. The molecule has 3 heterocycles. The van der Waals surface area contributed by atoms with E-state index >= 15 is 0 Å². The fourth-order valence-corrected chi connectivity index (χ4v) is 5.89. The van der Waals surface area contributed by atoms with Gasteiger partial charge in [-0.2, -0.15) is 41.5 Å². The van der Waals surface area contributed by atoms with E-state index in [1.807, 2.05) is 42.6 Å². The molecule has 0 N–H and O–H groups in total. The third-order valence-electron chi connectivity index (χ3n) is 7.99. The SMILES string of the molecule is [Pt+2].[c-]1c2c(cc3c1N(c1ccccn1)c1ccccc1CC3)CCc1ccccc1C2.[c-]1ccccc1Oc1ccccn1. The van der Waals surface area contributed by atoms with Crippen molar-refractivity contribution in [1.29, 1.82) is 0 Å². The second-order valence-corrected chi connectivity index (χ2v) is 10.7. The van der Waals surface area contributed by atoms with Crippen LogP contribution < -0.4 is 9.64 Å². The molecule has 0 saturated carbocycles. The Bertz CT molecular complexity index is 1790. The third kappa shape index (κ3) is 6.51. The molecule has 0 amide bonds. The second-order valence-electron chi connectivity index (χ2n) is 10.7. The number of ether oxygens (including phenoxy) is 1. The van der Waals surface area contributed by atoms with Crippen molar-refractivity contribution >= 4 is 17.2 Å². The van der Waals surface area contributed by atoms with Crippen LogP contribution in [0.2, 0.25) is 0 Å². The number of benzene rings is 4. The van der Waals surface area contributed by atoms with Gasteiger partial charge < -0.3 is 9.64 Å². The minimum atomic E-state index is 0. The maximum absolute atomic E-state index is 5.41. The van der Waals surface area contributed by atoms with Crippen molar-refractivity contribution in [3.8, 4) is 11.6 Å². The predicted octanol–water partition coefficient (Wildman–Crippen LogP) is 8.81. The Kier molecular flexibility index (Phi) is 9.29. The molecule has 44 heavy (non-hydrogen) atoms. The molecule has 6 aromatic rings. The van der Waals surface area contributed by atoms with E-state index in [1.165, 1.54) is 39.1 Å². The van der Waals surface area contributed by atoms with Gasteiger partial charge in [0.15, 0.2) is 0 Å². The maximum Gasteiger partial charge on any atom is 2.00 e. The Labute approximate surface area is 273 Å². The number of anilines is 3. The molecule has 5 heteroatoms. The molecule has 4 aromatic carbocycles. The van der Waals surface area contributed by atoms with Gasteiger partial charge in [0, 0.05) is 29.9 Å². The van der Waals surface area contributed by atoms with Crippen LogP contribution in [-0.4, -0.2) is 9.97 Å². The van der Waals surface area contributed by atoms with E-state index in [-0.39, 0.29) is 21.1 Å². The molecule has 218 valence electrons. The van der Waals surface area contributed by atoms with Crippen LogP contribution in [0.5, 0.6) is 11.6 Å². The number of para-hydroxylation sites is 2. The Morgan fingerprint density at radius 2 is 1.30 bits per heavy atom. The van der Waals surface area contributed by atoms with Crippen molar-refractivity contribution in [3.05, 3.63) is 173 Å². The molecule has 0 saturated heterocycles. The first-order valence-corrected chi connectivity index (χ1v) is 14.8. The fraction of sp³-hybridized carbons (Fsp3) is 0.128. The zero-order chi connectivity index (χ0) is 28.8.